The van der Waals surface area contributed by atoms with Crippen LogP contribution < -0.4 is 5.32 Å². The molecule has 0 aromatic carbocycles. The van der Waals surface area contributed by atoms with Gasteiger partial charge in [-0.05, 0) is 38.8 Å². The summed E-state index contributed by atoms with van der Waals surface area (Å²) in [5, 5.41) is 2.83. The monoisotopic (exact) mass is 294 g/mol. The van der Waals surface area contributed by atoms with Gasteiger partial charge in [0.25, 0.3) is 0 Å². The lowest BCUT2D eigenvalue weighted by Gasteiger charge is -2.41. The summed E-state index contributed by atoms with van der Waals surface area (Å²) >= 11 is 1.69. The van der Waals surface area contributed by atoms with Gasteiger partial charge in [0.15, 0.2) is 0 Å². The minimum atomic E-state index is -0.381. The van der Waals surface area contributed by atoms with Gasteiger partial charge in [0, 0.05) is 9.75 Å². The number of nitrogens with one attached hydrogen (secondary N) is 1. The average molecular weight is 294 g/mol. The number of carbonyl (C=O) groups is 2. The molecule has 0 spiro atoms. The first-order chi connectivity index (χ1) is 9.49. The van der Waals surface area contributed by atoms with Crippen LogP contribution in [0.4, 0.5) is 0 Å². The number of rotatable bonds is 4. The molecule has 1 aromatic heterocycles. The third kappa shape index (κ3) is 2.59. The van der Waals surface area contributed by atoms with Gasteiger partial charge in [-0.2, -0.15) is 0 Å². The zero-order valence-corrected chi connectivity index (χ0v) is 13.3. The van der Waals surface area contributed by atoms with Crippen molar-refractivity contribution >= 4 is 23.2 Å². The molecule has 0 bridgehead atoms. The number of thiophene rings is 1. The van der Waals surface area contributed by atoms with Crippen LogP contribution in [-0.2, 0) is 9.59 Å². The second-order valence-corrected chi connectivity index (χ2v) is 6.58. The van der Waals surface area contributed by atoms with Crippen molar-refractivity contribution in [2.24, 2.45) is 0 Å². The fourth-order valence-corrected chi connectivity index (χ4v) is 3.65. The van der Waals surface area contributed by atoms with E-state index in [-0.39, 0.29) is 29.9 Å². The van der Waals surface area contributed by atoms with E-state index < -0.39 is 0 Å². The number of amides is 2. The zero-order valence-electron chi connectivity index (χ0n) is 12.5. The number of aryl methyl sites for hydroxylation is 1. The maximum absolute atomic E-state index is 12.6. The number of carbonyl (C=O) groups excluding carboxylic acids is 2. The quantitative estimate of drug-likeness (QED) is 0.928. The van der Waals surface area contributed by atoms with Crippen molar-refractivity contribution in [3.05, 3.63) is 21.9 Å². The largest absolute Gasteiger partial charge is 0.343 e. The second kappa shape index (κ2) is 5.95. The van der Waals surface area contributed by atoms with Gasteiger partial charge in [0.05, 0.1) is 6.04 Å². The average Bonchev–Trinajstić information content (AvgIpc) is 2.86. The molecule has 20 heavy (non-hydrogen) atoms. The Morgan fingerprint density at radius 2 is 2.00 bits per heavy atom. The molecular weight excluding hydrogens is 272 g/mol. The van der Waals surface area contributed by atoms with Crippen LogP contribution in [0.25, 0.3) is 0 Å². The van der Waals surface area contributed by atoms with Gasteiger partial charge in [0.1, 0.15) is 12.1 Å². The van der Waals surface area contributed by atoms with Gasteiger partial charge in [-0.1, -0.05) is 13.8 Å². The van der Waals surface area contributed by atoms with Crippen LogP contribution in [0.5, 0.6) is 0 Å². The van der Waals surface area contributed by atoms with Crippen LogP contribution in [0.15, 0.2) is 12.1 Å². The molecule has 0 radical (unpaired) electrons. The first-order valence-electron chi connectivity index (χ1n) is 7.18. The summed E-state index contributed by atoms with van der Waals surface area (Å²) < 4.78 is 0. The highest BCUT2D eigenvalue weighted by Crippen LogP contribution is 2.31. The van der Waals surface area contributed by atoms with Gasteiger partial charge in [-0.25, -0.2) is 0 Å². The van der Waals surface area contributed by atoms with Crippen molar-refractivity contribution in [3.63, 3.8) is 0 Å². The summed E-state index contributed by atoms with van der Waals surface area (Å²) in [6.45, 7) is 7.94. The molecule has 1 N–H and O–H groups in total. The highest BCUT2D eigenvalue weighted by atomic mass is 32.1. The van der Waals surface area contributed by atoms with Crippen LogP contribution in [-0.4, -0.2) is 28.8 Å². The molecule has 2 amide bonds. The Labute approximate surface area is 124 Å². The summed E-state index contributed by atoms with van der Waals surface area (Å²) in [5.74, 6) is 0.0107. The maximum Gasteiger partial charge on any atom is 0.246 e. The molecule has 3 unspecified atom stereocenters. The summed E-state index contributed by atoms with van der Waals surface area (Å²) in [5.41, 5.74) is 0. The predicted molar refractivity (Wildman–Crippen MR) is 80.6 cm³/mol. The van der Waals surface area contributed by atoms with Crippen LogP contribution in [0.3, 0.4) is 0 Å². The second-order valence-electron chi connectivity index (χ2n) is 5.26. The number of nitrogens with zero attached hydrogens (tertiary/aromatic N) is 1. The lowest BCUT2D eigenvalue weighted by Crippen LogP contribution is -2.63. The molecule has 110 valence electrons. The van der Waals surface area contributed by atoms with Crippen LogP contribution in [0.1, 0.15) is 49.4 Å². The van der Waals surface area contributed by atoms with Crippen molar-refractivity contribution < 1.29 is 9.59 Å². The van der Waals surface area contributed by atoms with E-state index in [4.69, 9.17) is 0 Å². The van der Waals surface area contributed by atoms with E-state index >= 15 is 0 Å². The molecule has 2 rings (SSSR count). The Bertz CT molecular complexity index is 512. The normalized spacial score (nSPS) is 24.7. The molecule has 0 saturated carbocycles. The molecule has 1 aromatic rings. The maximum atomic E-state index is 12.6. The molecule has 1 aliphatic heterocycles. The minimum Gasteiger partial charge on any atom is -0.343 e. The Hall–Kier alpha value is -1.36. The van der Waals surface area contributed by atoms with Crippen molar-refractivity contribution in [2.45, 2.75) is 58.7 Å². The first kappa shape index (κ1) is 15.0. The fourth-order valence-electron chi connectivity index (χ4n) is 2.72. The van der Waals surface area contributed by atoms with E-state index in [1.165, 1.54) is 4.88 Å². The van der Waals surface area contributed by atoms with E-state index in [2.05, 4.69) is 24.4 Å². The molecule has 0 aliphatic carbocycles. The van der Waals surface area contributed by atoms with Crippen LogP contribution in [0.2, 0.25) is 0 Å². The molecule has 1 fully saturated rings. The van der Waals surface area contributed by atoms with Crippen LogP contribution in [0, 0.1) is 6.92 Å². The van der Waals surface area contributed by atoms with Crippen molar-refractivity contribution in [1.82, 2.24) is 10.2 Å². The SMILES string of the molecule is CCC1NC(=O)C(CC)N(C(C)c2ccc(C)s2)C1=O. The summed E-state index contributed by atoms with van der Waals surface area (Å²) in [7, 11) is 0. The van der Waals surface area contributed by atoms with Crippen molar-refractivity contribution in [1.29, 1.82) is 0 Å². The van der Waals surface area contributed by atoms with E-state index in [0.717, 1.165) is 4.88 Å². The smallest absolute Gasteiger partial charge is 0.246 e. The molecule has 4 nitrogen and oxygen atoms in total. The third-order valence-electron chi connectivity index (χ3n) is 3.89. The lowest BCUT2D eigenvalue weighted by atomic mass is 10.0. The Kier molecular flexibility index (Phi) is 4.48. The summed E-state index contributed by atoms with van der Waals surface area (Å²) in [6.07, 6.45) is 1.27. The molecule has 2 heterocycles. The fraction of sp³-hybridized carbons (Fsp3) is 0.600. The molecule has 3 atom stereocenters. The highest BCUT2D eigenvalue weighted by molar-refractivity contribution is 7.12. The standard InChI is InChI=1S/C15H22N2O2S/c1-5-11-15(19)17(12(6-2)14(18)16-11)10(4)13-8-7-9(3)20-13/h7-8,10-12H,5-6H2,1-4H3,(H,16,18). The summed E-state index contributed by atoms with van der Waals surface area (Å²) in [6, 6.07) is 3.32. The van der Waals surface area contributed by atoms with Gasteiger partial charge in [-0.15, -0.1) is 11.3 Å². The number of piperazine rings is 1. The molecular formula is C15H22N2O2S. The highest BCUT2D eigenvalue weighted by Gasteiger charge is 2.41. The van der Waals surface area contributed by atoms with Gasteiger partial charge >= 0.3 is 0 Å². The lowest BCUT2D eigenvalue weighted by molar-refractivity contribution is -0.152. The minimum absolute atomic E-state index is 0.0286. The summed E-state index contributed by atoms with van der Waals surface area (Å²) in [4.78, 5) is 28.9. The number of hydrogen-bond donors (Lipinski definition) is 1. The van der Waals surface area contributed by atoms with Gasteiger partial charge in [-0.3, -0.25) is 9.59 Å². The van der Waals surface area contributed by atoms with Crippen molar-refractivity contribution in [2.75, 3.05) is 0 Å². The Morgan fingerprint density at radius 3 is 2.50 bits per heavy atom. The number of hydrogen-bond acceptors (Lipinski definition) is 3. The van der Waals surface area contributed by atoms with E-state index in [9.17, 15) is 9.59 Å². The molecule has 1 saturated heterocycles. The topological polar surface area (TPSA) is 49.4 Å². The Morgan fingerprint density at radius 1 is 1.30 bits per heavy atom. The van der Waals surface area contributed by atoms with Crippen molar-refractivity contribution in [3.8, 4) is 0 Å². The van der Waals surface area contributed by atoms with E-state index in [1.54, 1.807) is 16.2 Å². The predicted octanol–water partition coefficient (Wildman–Crippen LogP) is 2.63. The van der Waals surface area contributed by atoms with Gasteiger partial charge in [0.2, 0.25) is 11.8 Å². The molecule has 5 heteroatoms. The van der Waals surface area contributed by atoms with E-state index in [1.807, 2.05) is 20.8 Å². The van der Waals surface area contributed by atoms with E-state index in [0.29, 0.717) is 12.8 Å². The zero-order chi connectivity index (χ0) is 14.9. The van der Waals surface area contributed by atoms with Gasteiger partial charge < -0.3 is 10.2 Å². The Balaban J connectivity index is 2.33. The first-order valence-corrected chi connectivity index (χ1v) is 8.00. The van der Waals surface area contributed by atoms with Crippen LogP contribution >= 0.6 is 11.3 Å². The third-order valence-corrected chi connectivity index (χ3v) is 5.06. The molecule has 1 aliphatic rings.